The molecule has 1 amide bonds. The summed E-state index contributed by atoms with van der Waals surface area (Å²) in [6, 6.07) is 5.18. The summed E-state index contributed by atoms with van der Waals surface area (Å²) in [6.07, 6.45) is 0. The minimum Gasteiger partial charge on any atom is -0.323 e. The average Bonchev–Trinajstić information content (AvgIpc) is 2.57. The fourth-order valence-electron chi connectivity index (χ4n) is 2.22. The predicted molar refractivity (Wildman–Crippen MR) is 86.4 cm³/mol. The number of quaternary nitrogens is 1. The molecular weight excluding hydrogens is 360 g/mol. The SMILES string of the molecule is C[C@@H](C(=O)Nc1ccc(F)c(F)c1F)[NH+](C)Cc1c(F)cccc1Cl. The van der Waals surface area contributed by atoms with Gasteiger partial charge in [-0.15, -0.1) is 0 Å². The summed E-state index contributed by atoms with van der Waals surface area (Å²) in [7, 11) is 1.63. The van der Waals surface area contributed by atoms with Crippen molar-refractivity contribution in [2.24, 2.45) is 0 Å². The fraction of sp³-hybridized carbons (Fsp3) is 0.235. The van der Waals surface area contributed by atoms with E-state index < -0.39 is 40.9 Å². The molecule has 0 aliphatic rings. The third kappa shape index (κ3) is 4.29. The van der Waals surface area contributed by atoms with Gasteiger partial charge < -0.3 is 10.2 Å². The zero-order chi connectivity index (χ0) is 18.7. The van der Waals surface area contributed by atoms with Crippen molar-refractivity contribution in [3.63, 3.8) is 0 Å². The van der Waals surface area contributed by atoms with E-state index in [1.165, 1.54) is 25.1 Å². The van der Waals surface area contributed by atoms with Crippen LogP contribution in [0.15, 0.2) is 30.3 Å². The van der Waals surface area contributed by atoms with Crippen LogP contribution in [0.5, 0.6) is 0 Å². The van der Waals surface area contributed by atoms with Crippen LogP contribution in [-0.4, -0.2) is 19.0 Å². The molecule has 0 fully saturated rings. The molecule has 2 rings (SSSR count). The highest BCUT2D eigenvalue weighted by atomic mass is 35.5. The van der Waals surface area contributed by atoms with Gasteiger partial charge in [-0.2, -0.15) is 0 Å². The smallest absolute Gasteiger partial charge is 0.282 e. The zero-order valence-corrected chi connectivity index (χ0v) is 14.2. The Morgan fingerprint density at radius 1 is 1.12 bits per heavy atom. The van der Waals surface area contributed by atoms with Crippen molar-refractivity contribution in [3.05, 3.63) is 64.2 Å². The number of carbonyl (C=O) groups excluding carboxylic acids is 1. The Morgan fingerprint density at radius 3 is 2.44 bits per heavy atom. The molecular formula is C17H16ClF4N2O+. The highest BCUT2D eigenvalue weighted by Gasteiger charge is 2.25. The Bertz CT molecular complexity index is 780. The van der Waals surface area contributed by atoms with Crippen LogP contribution < -0.4 is 10.2 Å². The Kier molecular flexibility index (Phi) is 6.02. The third-order valence-corrected chi connectivity index (χ3v) is 4.30. The molecule has 0 aromatic heterocycles. The van der Waals surface area contributed by atoms with E-state index in [0.717, 1.165) is 6.07 Å². The largest absolute Gasteiger partial charge is 0.323 e. The van der Waals surface area contributed by atoms with Gasteiger partial charge in [0.25, 0.3) is 5.91 Å². The molecule has 0 aliphatic carbocycles. The Hall–Kier alpha value is -2.12. The quantitative estimate of drug-likeness (QED) is 0.611. The van der Waals surface area contributed by atoms with E-state index in [4.69, 9.17) is 11.6 Å². The standard InChI is InChI=1S/C17H15ClF4N2O/c1-9(24(2)8-10-11(18)4-3-5-12(10)19)17(25)23-14-7-6-13(20)15(21)16(14)22/h3-7,9H,8H2,1-2H3,(H,23,25)/p+1/t9-/m0/s1. The van der Waals surface area contributed by atoms with Crippen LogP contribution >= 0.6 is 11.6 Å². The molecule has 8 heteroatoms. The molecule has 134 valence electrons. The first-order valence-corrected chi connectivity index (χ1v) is 7.79. The van der Waals surface area contributed by atoms with Crippen molar-refractivity contribution in [2.75, 3.05) is 12.4 Å². The normalized spacial score (nSPS) is 13.4. The van der Waals surface area contributed by atoms with E-state index in [1.807, 2.05) is 0 Å². The van der Waals surface area contributed by atoms with Gasteiger partial charge in [-0.1, -0.05) is 17.7 Å². The van der Waals surface area contributed by atoms with Crippen molar-refractivity contribution in [3.8, 4) is 0 Å². The fourth-order valence-corrected chi connectivity index (χ4v) is 2.45. The Labute approximate surface area is 147 Å². The van der Waals surface area contributed by atoms with Crippen molar-refractivity contribution in [1.29, 1.82) is 0 Å². The summed E-state index contributed by atoms with van der Waals surface area (Å²) in [4.78, 5) is 12.8. The highest BCUT2D eigenvalue weighted by Crippen LogP contribution is 2.20. The second-order valence-corrected chi connectivity index (χ2v) is 6.06. The van der Waals surface area contributed by atoms with Gasteiger partial charge in [-0.25, -0.2) is 17.6 Å². The number of rotatable bonds is 5. The van der Waals surface area contributed by atoms with Gasteiger partial charge in [0.1, 0.15) is 12.4 Å². The van der Waals surface area contributed by atoms with Gasteiger partial charge in [0.2, 0.25) is 0 Å². The van der Waals surface area contributed by atoms with Crippen molar-refractivity contribution >= 4 is 23.2 Å². The molecule has 0 saturated heterocycles. The average molecular weight is 376 g/mol. The van der Waals surface area contributed by atoms with Gasteiger partial charge >= 0.3 is 0 Å². The number of halogens is 5. The molecule has 3 nitrogen and oxygen atoms in total. The maximum absolute atomic E-state index is 13.8. The van der Waals surface area contributed by atoms with Crippen LogP contribution in [0.1, 0.15) is 12.5 Å². The molecule has 25 heavy (non-hydrogen) atoms. The van der Waals surface area contributed by atoms with E-state index in [9.17, 15) is 22.4 Å². The highest BCUT2D eigenvalue weighted by molar-refractivity contribution is 6.31. The van der Waals surface area contributed by atoms with Crippen LogP contribution in [0.4, 0.5) is 23.2 Å². The number of hydrogen-bond acceptors (Lipinski definition) is 1. The first-order valence-electron chi connectivity index (χ1n) is 7.42. The molecule has 0 radical (unpaired) electrons. The summed E-state index contributed by atoms with van der Waals surface area (Å²) in [5.74, 6) is -5.61. The van der Waals surface area contributed by atoms with Crippen LogP contribution in [0.2, 0.25) is 5.02 Å². The number of amides is 1. The van der Waals surface area contributed by atoms with E-state index in [-0.39, 0.29) is 17.1 Å². The molecule has 0 heterocycles. The molecule has 0 saturated carbocycles. The second kappa shape index (κ2) is 7.84. The van der Waals surface area contributed by atoms with Crippen molar-refractivity contribution in [2.45, 2.75) is 19.5 Å². The Balaban J connectivity index is 2.10. The van der Waals surface area contributed by atoms with Gasteiger partial charge in [0.15, 0.2) is 23.5 Å². The summed E-state index contributed by atoms with van der Waals surface area (Å²) in [6.45, 7) is 1.65. The number of carbonyl (C=O) groups is 1. The predicted octanol–water partition coefficient (Wildman–Crippen LogP) is 2.94. The molecule has 1 unspecified atom stereocenters. The van der Waals surface area contributed by atoms with Gasteiger partial charge in [-0.3, -0.25) is 4.79 Å². The van der Waals surface area contributed by atoms with E-state index in [0.29, 0.717) is 11.0 Å². The molecule has 2 aromatic rings. The van der Waals surface area contributed by atoms with Gasteiger partial charge in [-0.05, 0) is 31.2 Å². The van der Waals surface area contributed by atoms with Gasteiger partial charge in [0, 0.05) is 0 Å². The summed E-state index contributed by atoms with van der Waals surface area (Å²) in [5.41, 5.74) is -0.215. The lowest BCUT2D eigenvalue weighted by molar-refractivity contribution is -0.908. The lowest BCUT2D eigenvalue weighted by Crippen LogP contribution is -3.12. The zero-order valence-electron chi connectivity index (χ0n) is 13.5. The first-order chi connectivity index (χ1) is 11.7. The van der Waals surface area contributed by atoms with Crippen molar-refractivity contribution in [1.82, 2.24) is 0 Å². The number of likely N-dealkylation sites (N-methyl/N-ethyl adjacent to an activating group) is 1. The molecule has 2 aromatic carbocycles. The lowest BCUT2D eigenvalue weighted by atomic mass is 10.1. The Morgan fingerprint density at radius 2 is 1.80 bits per heavy atom. The van der Waals surface area contributed by atoms with Gasteiger partial charge in [0.05, 0.1) is 23.3 Å². The van der Waals surface area contributed by atoms with E-state index in [1.54, 1.807) is 7.05 Å². The minimum absolute atomic E-state index is 0.111. The first kappa shape index (κ1) is 19.2. The summed E-state index contributed by atoms with van der Waals surface area (Å²) < 4.78 is 53.6. The maximum Gasteiger partial charge on any atom is 0.282 e. The molecule has 2 N–H and O–H groups in total. The van der Waals surface area contributed by atoms with E-state index >= 15 is 0 Å². The monoisotopic (exact) mass is 375 g/mol. The third-order valence-electron chi connectivity index (χ3n) is 3.94. The lowest BCUT2D eigenvalue weighted by Gasteiger charge is -2.22. The maximum atomic E-state index is 13.8. The van der Waals surface area contributed by atoms with Crippen LogP contribution in [0.25, 0.3) is 0 Å². The van der Waals surface area contributed by atoms with Crippen LogP contribution in [-0.2, 0) is 11.3 Å². The number of nitrogens with one attached hydrogen (secondary N) is 2. The molecule has 0 bridgehead atoms. The second-order valence-electron chi connectivity index (χ2n) is 5.66. The molecule has 0 spiro atoms. The summed E-state index contributed by atoms with van der Waals surface area (Å²) in [5, 5.41) is 2.44. The molecule has 0 aliphatic heterocycles. The van der Waals surface area contributed by atoms with Crippen molar-refractivity contribution < 1.29 is 27.3 Å². The number of anilines is 1. The van der Waals surface area contributed by atoms with Crippen LogP contribution in [0, 0.1) is 23.3 Å². The van der Waals surface area contributed by atoms with E-state index in [2.05, 4.69) is 5.32 Å². The van der Waals surface area contributed by atoms with Crippen LogP contribution in [0.3, 0.4) is 0 Å². The number of benzene rings is 2. The minimum atomic E-state index is -1.66. The summed E-state index contributed by atoms with van der Waals surface area (Å²) >= 11 is 5.96. The topological polar surface area (TPSA) is 33.5 Å². The molecule has 2 atom stereocenters. The number of hydrogen-bond donors (Lipinski definition) is 2.